The SMILES string of the molecule is C=CC(=O)OOC(=O)c1occc1-c1ccc([N+](=O)[O-])cc1. The summed E-state index contributed by atoms with van der Waals surface area (Å²) in [6.45, 7) is 3.14. The Kier molecular flexibility index (Phi) is 4.33. The zero-order valence-corrected chi connectivity index (χ0v) is 11.1. The fourth-order valence-corrected chi connectivity index (χ4v) is 1.61. The van der Waals surface area contributed by atoms with Gasteiger partial charge in [0.15, 0.2) is 0 Å². The van der Waals surface area contributed by atoms with E-state index in [9.17, 15) is 19.7 Å². The van der Waals surface area contributed by atoms with E-state index in [0.717, 1.165) is 6.08 Å². The summed E-state index contributed by atoms with van der Waals surface area (Å²) in [5.74, 6) is -2.16. The number of hydrogen-bond acceptors (Lipinski definition) is 7. The van der Waals surface area contributed by atoms with Crippen LogP contribution in [0.25, 0.3) is 11.1 Å². The summed E-state index contributed by atoms with van der Waals surface area (Å²) >= 11 is 0. The topological polar surface area (TPSA) is 109 Å². The number of nitro groups is 1. The lowest BCUT2D eigenvalue weighted by Crippen LogP contribution is -2.09. The Morgan fingerprint density at radius 2 is 1.86 bits per heavy atom. The lowest BCUT2D eigenvalue weighted by molar-refractivity contribution is -0.384. The molecule has 0 N–H and O–H groups in total. The molecule has 0 aliphatic rings. The van der Waals surface area contributed by atoms with E-state index in [1.165, 1.54) is 36.6 Å². The molecule has 1 aromatic carbocycles. The quantitative estimate of drug-likeness (QED) is 0.369. The molecule has 22 heavy (non-hydrogen) atoms. The van der Waals surface area contributed by atoms with Crippen LogP contribution >= 0.6 is 0 Å². The van der Waals surface area contributed by atoms with Gasteiger partial charge >= 0.3 is 11.9 Å². The van der Waals surface area contributed by atoms with Gasteiger partial charge in [-0.05, 0) is 23.8 Å². The Morgan fingerprint density at radius 3 is 2.45 bits per heavy atom. The van der Waals surface area contributed by atoms with Gasteiger partial charge in [-0.25, -0.2) is 19.4 Å². The molecule has 1 aromatic heterocycles. The summed E-state index contributed by atoms with van der Waals surface area (Å²) in [6, 6.07) is 6.96. The van der Waals surface area contributed by atoms with E-state index in [2.05, 4.69) is 16.4 Å². The van der Waals surface area contributed by atoms with E-state index in [-0.39, 0.29) is 11.4 Å². The van der Waals surface area contributed by atoms with E-state index in [0.29, 0.717) is 11.1 Å². The van der Waals surface area contributed by atoms with E-state index in [1.54, 1.807) is 0 Å². The molecule has 0 unspecified atom stereocenters. The van der Waals surface area contributed by atoms with Gasteiger partial charge in [0.2, 0.25) is 5.76 Å². The zero-order chi connectivity index (χ0) is 16.1. The summed E-state index contributed by atoms with van der Waals surface area (Å²) in [5.41, 5.74) is 0.757. The number of nitrogens with zero attached hydrogens (tertiary/aromatic N) is 1. The van der Waals surface area contributed by atoms with E-state index in [1.807, 2.05) is 0 Å². The molecule has 2 rings (SSSR count). The van der Waals surface area contributed by atoms with Crippen LogP contribution in [-0.4, -0.2) is 16.9 Å². The van der Waals surface area contributed by atoms with E-state index in [4.69, 9.17) is 4.42 Å². The molecule has 0 spiro atoms. The maximum atomic E-state index is 11.8. The minimum absolute atomic E-state index is 0.0868. The average Bonchev–Trinajstić information content (AvgIpc) is 3.01. The van der Waals surface area contributed by atoms with Gasteiger partial charge in [-0.15, -0.1) is 0 Å². The molecule has 8 heteroatoms. The number of benzene rings is 1. The molecule has 0 bridgehead atoms. The number of hydrogen-bond donors (Lipinski definition) is 0. The standard InChI is InChI=1S/C14H9NO7/c1-2-12(16)21-22-14(17)13-11(7-8-20-13)9-3-5-10(6-4-9)15(18)19/h2-8H,1H2. The molecule has 0 saturated heterocycles. The largest absolute Gasteiger partial charge is 0.457 e. The average molecular weight is 303 g/mol. The predicted molar refractivity (Wildman–Crippen MR) is 72.5 cm³/mol. The highest BCUT2D eigenvalue weighted by atomic mass is 17.2. The predicted octanol–water partition coefficient (Wildman–Crippen LogP) is 2.66. The van der Waals surface area contributed by atoms with Crippen molar-refractivity contribution < 1.29 is 28.7 Å². The van der Waals surface area contributed by atoms with Gasteiger partial charge in [-0.3, -0.25) is 10.1 Å². The monoisotopic (exact) mass is 303 g/mol. The second-order valence-electron chi connectivity index (χ2n) is 3.94. The van der Waals surface area contributed by atoms with Crippen molar-refractivity contribution in [1.29, 1.82) is 0 Å². The Bertz CT molecular complexity index is 730. The van der Waals surface area contributed by atoms with Gasteiger partial charge in [-0.2, -0.15) is 0 Å². The summed E-state index contributed by atoms with van der Waals surface area (Å²) in [4.78, 5) is 41.1. The van der Waals surface area contributed by atoms with Crippen molar-refractivity contribution in [3.8, 4) is 11.1 Å². The minimum Gasteiger partial charge on any atom is -0.457 e. The van der Waals surface area contributed by atoms with Crippen LogP contribution in [0.2, 0.25) is 0 Å². The van der Waals surface area contributed by atoms with Crippen LogP contribution in [0.3, 0.4) is 0 Å². The molecule has 1 heterocycles. The Labute approximate surface area is 123 Å². The first-order valence-corrected chi connectivity index (χ1v) is 5.90. The number of rotatable bonds is 4. The highest BCUT2D eigenvalue weighted by molar-refractivity contribution is 5.94. The van der Waals surface area contributed by atoms with Crippen LogP contribution in [-0.2, 0) is 14.6 Å². The van der Waals surface area contributed by atoms with Crippen LogP contribution in [0.4, 0.5) is 5.69 Å². The molecular formula is C14H9NO7. The van der Waals surface area contributed by atoms with Crippen molar-refractivity contribution >= 4 is 17.6 Å². The van der Waals surface area contributed by atoms with Crippen molar-refractivity contribution in [2.75, 3.05) is 0 Å². The minimum atomic E-state index is -1.02. The third-order valence-electron chi connectivity index (χ3n) is 2.61. The van der Waals surface area contributed by atoms with Crippen LogP contribution in [0.15, 0.2) is 53.7 Å². The van der Waals surface area contributed by atoms with Crippen molar-refractivity contribution in [3.05, 3.63) is 65.1 Å². The van der Waals surface area contributed by atoms with Gasteiger partial charge in [0.05, 0.1) is 11.2 Å². The van der Waals surface area contributed by atoms with Gasteiger partial charge in [0, 0.05) is 23.8 Å². The molecule has 0 radical (unpaired) electrons. The second-order valence-corrected chi connectivity index (χ2v) is 3.94. The number of non-ortho nitro benzene ring substituents is 1. The highest BCUT2D eigenvalue weighted by Gasteiger charge is 2.21. The summed E-state index contributed by atoms with van der Waals surface area (Å²) in [7, 11) is 0. The second kappa shape index (κ2) is 6.35. The molecule has 8 nitrogen and oxygen atoms in total. The van der Waals surface area contributed by atoms with Crippen LogP contribution in [0.5, 0.6) is 0 Å². The fourth-order valence-electron chi connectivity index (χ4n) is 1.61. The van der Waals surface area contributed by atoms with Crippen molar-refractivity contribution in [2.24, 2.45) is 0 Å². The van der Waals surface area contributed by atoms with Crippen molar-refractivity contribution in [3.63, 3.8) is 0 Å². The van der Waals surface area contributed by atoms with Gasteiger partial charge < -0.3 is 4.42 Å². The number of carbonyl (C=O) groups excluding carboxylic acids is 2. The molecule has 112 valence electrons. The highest BCUT2D eigenvalue weighted by Crippen LogP contribution is 2.27. The van der Waals surface area contributed by atoms with E-state index < -0.39 is 16.9 Å². The summed E-state index contributed by atoms with van der Waals surface area (Å²) in [6.07, 6.45) is 2.06. The molecular weight excluding hydrogens is 294 g/mol. The zero-order valence-electron chi connectivity index (χ0n) is 11.1. The van der Waals surface area contributed by atoms with Gasteiger partial charge in [0.1, 0.15) is 0 Å². The Balaban J connectivity index is 2.21. The van der Waals surface area contributed by atoms with E-state index >= 15 is 0 Å². The molecule has 0 fully saturated rings. The smallest absolute Gasteiger partial charge is 0.421 e. The fraction of sp³-hybridized carbons (Fsp3) is 0. The number of furan rings is 1. The molecule has 2 aromatic rings. The van der Waals surface area contributed by atoms with Crippen LogP contribution in [0.1, 0.15) is 10.6 Å². The number of nitro benzene ring substituents is 1. The van der Waals surface area contributed by atoms with Gasteiger partial charge in [0.25, 0.3) is 5.69 Å². The Hall–Kier alpha value is -3.42. The Morgan fingerprint density at radius 1 is 1.18 bits per heavy atom. The molecule has 0 aliphatic carbocycles. The maximum absolute atomic E-state index is 11.8. The first kappa shape index (κ1) is 15.0. The lowest BCUT2D eigenvalue weighted by atomic mass is 10.1. The third-order valence-corrected chi connectivity index (χ3v) is 2.61. The molecule has 0 aliphatic heterocycles. The molecule has 0 atom stereocenters. The third kappa shape index (κ3) is 3.18. The van der Waals surface area contributed by atoms with Crippen LogP contribution in [0, 0.1) is 10.1 Å². The summed E-state index contributed by atoms with van der Waals surface area (Å²) in [5, 5.41) is 10.6. The summed E-state index contributed by atoms with van der Waals surface area (Å²) < 4.78 is 5.00. The van der Waals surface area contributed by atoms with Crippen LogP contribution < -0.4 is 0 Å². The normalized spacial score (nSPS) is 9.82. The first-order valence-electron chi connectivity index (χ1n) is 5.90. The molecule has 0 saturated carbocycles. The van der Waals surface area contributed by atoms with Crippen molar-refractivity contribution in [2.45, 2.75) is 0 Å². The maximum Gasteiger partial charge on any atom is 0.421 e. The first-order chi connectivity index (χ1) is 10.5. The van der Waals surface area contributed by atoms with Gasteiger partial charge in [-0.1, -0.05) is 6.58 Å². The number of carbonyl (C=O) groups is 2. The molecule has 0 amide bonds. The lowest BCUT2D eigenvalue weighted by Gasteiger charge is -2.02. The van der Waals surface area contributed by atoms with Crippen molar-refractivity contribution in [1.82, 2.24) is 0 Å².